The minimum Gasteiger partial charge on any atom is -0.0877 e. The predicted molar refractivity (Wildman–Crippen MR) is 66.5 cm³/mol. The van der Waals surface area contributed by atoms with Crippen LogP contribution in [0.25, 0.3) is 0 Å². The Bertz CT molecular complexity index is 418. The summed E-state index contributed by atoms with van der Waals surface area (Å²) in [7, 11) is 0. The van der Waals surface area contributed by atoms with Gasteiger partial charge in [0.1, 0.15) is 0 Å². The van der Waals surface area contributed by atoms with E-state index in [0.29, 0.717) is 0 Å². The summed E-state index contributed by atoms with van der Waals surface area (Å²) >= 11 is 1.86. The molecule has 0 unspecified atom stereocenters. The molecule has 1 heterocycles. The van der Waals surface area contributed by atoms with E-state index < -0.39 is 0 Å². The van der Waals surface area contributed by atoms with E-state index >= 15 is 0 Å². The van der Waals surface area contributed by atoms with Gasteiger partial charge in [-0.3, -0.25) is 0 Å². The summed E-state index contributed by atoms with van der Waals surface area (Å²) in [5.74, 6) is 0. The van der Waals surface area contributed by atoms with Crippen LogP contribution in [0.3, 0.4) is 0 Å². The van der Waals surface area contributed by atoms with Crippen molar-refractivity contribution in [1.29, 1.82) is 0 Å². The highest BCUT2D eigenvalue weighted by Gasteiger charge is 2.14. The van der Waals surface area contributed by atoms with E-state index in [4.69, 9.17) is 0 Å². The van der Waals surface area contributed by atoms with Crippen LogP contribution < -0.4 is 0 Å². The number of hydrogen-bond acceptors (Lipinski definition) is 1. The highest BCUT2D eigenvalue weighted by Crippen LogP contribution is 2.47. The third kappa shape index (κ3) is 2.87. The van der Waals surface area contributed by atoms with Gasteiger partial charge in [0.15, 0.2) is 0 Å². The summed E-state index contributed by atoms with van der Waals surface area (Å²) in [5, 5.41) is 0. The van der Waals surface area contributed by atoms with Crippen LogP contribution in [0, 0.1) is 13.8 Å². The van der Waals surface area contributed by atoms with Gasteiger partial charge in [0.2, 0.25) is 0 Å². The van der Waals surface area contributed by atoms with Crippen molar-refractivity contribution >= 4 is 11.8 Å². The van der Waals surface area contributed by atoms with Crippen LogP contribution in [0.5, 0.6) is 0 Å². The van der Waals surface area contributed by atoms with Crippen molar-refractivity contribution < 1.29 is 0 Å². The maximum absolute atomic E-state index is 2.14. The molecule has 0 aliphatic carbocycles. The van der Waals surface area contributed by atoms with Gasteiger partial charge < -0.3 is 0 Å². The summed E-state index contributed by atoms with van der Waals surface area (Å²) in [6.45, 7) is 4.24. The van der Waals surface area contributed by atoms with E-state index in [-0.39, 0.29) is 0 Å². The van der Waals surface area contributed by atoms with Crippen molar-refractivity contribution in [2.24, 2.45) is 0 Å². The van der Waals surface area contributed by atoms with Gasteiger partial charge in [0.05, 0.1) is 0 Å². The lowest BCUT2D eigenvalue weighted by Gasteiger charge is -1.93. The first-order valence-electron chi connectivity index (χ1n) is 5.06. The van der Waals surface area contributed by atoms with Crippen molar-refractivity contribution in [3.05, 3.63) is 59.7 Å². The minimum absolute atomic E-state index is 1.37. The number of aryl methyl sites for hydroxylation is 2. The first-order chi connectivity index (χ1) is 7.27. The Balaban J connectivity index is 0.000000114. The molecule has 0 fully saturated rings. The molecule has 0 atom stereocenters. The molecule has 0 saturated carbocycles. The average molecular weight is 214 g/mol. The third-order valence-electron chi connectivity index (χ3n) is 2.45. The third-order valence-corrected chi connectivity index (χ3v) is 3.40. The van der Waals surface area contributed by atoms with E-state index in [9.17, 15) is 0 Å². The van der Waals surface area contributed by atoms with Crippen LogP contribution in [0.2, 0.25) is 0 Å². The normalized spacial score (nSPS) is 11.1. The van der Waals surface area contributed by atoms with E-state index in [1.54, 1.807) is 0 Å². The molecule has 1 heteroatoms. The van der Waals surface area contributed by atoms with Gasteiger partial charge in [-0.1, -0.05) is 48.2 Å². The standard InChI is InChI=1S/C8H10.C6H4S/c1-7-5-3-4-6-8(7)2;1-2-4-6-5(3-1)7-6/h3-6H,1-2H3;1-4H. The first kappa shape index (κ1) is 10.3. The Morgan fingerprint density at radius 2 is 1.07 bits per heavy atom. The molecule has 0 N–H and O–H groups in total. The summed E-state index contributed by atoms with van der Waals surface area (Å²) in [5.41, 5.74) is 2.74. The molecule has 0 radical (unpaired) electrons. The van der Waals surface area contributed by atoms with Crippen molar-refractivity contribution in [3.63, 3.8) is 0 Å². The van der Waals surface area contributed by atoms with Crippen LogP contribution in [-0.2, 0) is 0 Å². The Morgan fingerprint density at radius 3 is 1.40 bits per heavy atom. The summed E-state index contributed by atoms with van der Waals surface area (Å²) in [4.78, 5) is 2.89. The fourth-order valence-corrected chi connectivity index (χ4v) is 1.89. The SMILES string of the molecule is Cc1ccccc1C.c1ccc2c(c1)S2. The molecule has 1 aliphatic heterocycles. The lowest BCUT2D eigenvalue weighted by Crippen LogP contribution is -1.74. The van der Waals surface area contributed by atoms with Gasteiger partial charge in [0.25, 0.3) is 0 Å². The second-order valence-electron chi connectivity index (χ2n) is 3.63. The van der Waals surface area contributed by atoms with Gasteiger partial charge in [-0.15, -0.1) is 0 Å². The number of fused-ring (bicyclic) bond motifs is 1. The topological polar surface area (TPSA) is 0 Å². The van der Waals surface area contributed by atoms with Gasteiger partial charge in [-0.25, -0.2) is 0 Å². The van der Waals surface area contributed by atoms with Crippen molar-refractivity contribution in [2.75, 3.05) is 0 Å². The van der Waals surface area contributed by atoms with Gasteiger partial charge in [0, 0.05) is 9.79 Å². The molecule has 0 aromatic heterocycles. The van der Waals surface area contributed by atoms with Crippen LogP contribution in [-0.4, -0.2) is 0 Å². The molecule has 0 spiro atoms. The van der Waals surface area contributed by atoms with E-state index in [0.717, 1.165) is 0 Å². The summed E-state index contributed by atoms with van der Waals surface area (Å²) in [6.07, 6.45) is 0. The van der Waals surface area contributed by atoms with Crippen LogP contribution in [0.15, 0.2) is 58.3 Å². The molecular formula is C14H14S. The molecule has 0 nitrogen and oxygen atoms in total. The van der Waals surface area contributed by atoms with E-state index in [2.05, 4.69) is 62.4 Å². The largest absolute Gasteiger partial charge is 0.0877 e. The fraction of sp³-hybridized carbons (Fsp3) is 0.143. The molecule has 2 aromatic carbocycles. The number of hydrogen-bond donors (Lipinski definition) is 0. The Hall–Kier alpha value is -1.21. The maximum Gasteiger partial charge on any atom is 0.0262 e. The molecule has 15 heavy (non-hydrogen) atoms. The zero-order valence-electron chi connectivity index (χ0n) is 9.03. The minimum atomic E-state index is 1.37. The van der Waals surface area contributed by atoms with Crippen LogP contribution in [0.4, 0.5) is 0 Å². The molecule has 0 amide bonds. The van der Waals surface area contributed by atoms with Crippen LogP contribution in [0.1, 0.15) is 11.1 Å². The second-order valence-corrected chi connectivity index (χ2v) is 4.72. The zero-order valence-corrected chi connectivity index (χ0v) is 9.84. The number of rotatable bonds is 0. The summed E-state index contributed by atoms with van der Waals surface area (Å²) < 4.78 is 0. The Morgan fingerprint density at radius 1 is 0.667 bits per heavy atom. The average Bonchev–Trinajstić information content (AvgIpc) is 3.02. The van der Waals surface area contributed by atoms with Crippen molar-refractivity contribution in [3.8, 4) is 0 Å². The molecule has 2 aromatic rings. The van der Waals surface area contributed by atoms with Gasteiger partial charge in [-0.2, -0.15) is 0 Å². The van der Waals surface area contributed by atoms with E-state index in [1.165, 1.54) is 20.9 Å². The monoisotopic (exact) mass is 214 g/mol. The lowest BCUT2D eigenvalue weighted by molar-refractivity contribution is 1.34. The summed E-state index contributed by atoms with van der Waals surface area (Å²) in [6, 6.07) is 16.8. The molecule has 0 bridgehead atoms. The maximum atomic E-state index is 2.14. The first-order valence-corrected chi connectivity index (χ1v) is 5.88. The molecule has 1 aliphatic rings. The van der Waals surface area contributed by atoms with Crippen molar-refractivity contribution in [1.82, 2.24) is 0 Å². The molecule has 0 saturated heterocycles. The van der Waals surface area contributed by atoms with Crippen LogP contribution >= 0.6 is 11.8 Å². The zero-order chi connectivity index (χ0) is 10.7. The number of benzene rings is 2. The highest BCUT2D eigenvalue weighted by molar-refractivity contribution is 8.04. The Kier molecular flexibility index (Phi) is 3.12. The Labute approximate surface area is 95.3 Å². The molecular weight excluding hydrogens is 200 g/mol. The van der Waals surface area contributed by atoms with E-state index in [1.807, 2.05) is 11.8 Å². The quantitative estimate of drug-likeness (QED) is 0.498. The highest BCUT2D eigenvalue weighted by atomic mass is 32.2. The molecule has 76 valence electrons. The second kappa shape index (κ2) is 4.54. The fourth-order valence-electron chi connectivity index (χ4n) is 1.27. The van der Waals surface area contributed by atoms with Gasteiger partial charge in [-0.05, 0) is 37.1 Å². The van der Waals surface area contributed by atoms with Gasteiger partial charge >= 0.3 is 0 Å². The van der Waals surface area contributed by atoms with Crippen molar-refractivity contribution in [2.45, 2.75) is 23.6 Å². The molecule has 3 rings (SSSR count). The predicted octanol–water partition coefficient (Wildman–Crippen LogP) is 4.45. The smallest absolute Gasteiger partial charge is 0.0262 e. The lowest BCUT2D eigenvalue weighted by atomic mass is 10.1.